The lowest BCUT2D eigenvalue weighted by Gasteiger charge is -2.30. The first-order chi connectivity index (χ1) is 46.7. The molecule has 0 radical (unpaired) electrons. The highest BCUT2D eigenvalue weighted by atomic mass is 15.2. The smallest absolute Gasteiger partial charge is 0.167 e. The molecule has 13 heteroatoms. The number of aromatic nitrogens is 13. The molecule has 13 nitrogen and oxygen atoms in total. The van der Waals surface area contributed by atoms with Crippen LogP contribution < -0.4 is 0 Å². The fourth-order valence-electron chi connectivity index (χ4n) is 14.2. The maximum Gasteiger partial charge on any atom is 0.167 e. The Labute approximate surface area is 536 Å². The molecule has 19 rings (SSSR count). The van der Waals surface area contributed by atoms with E-state index >= 15 is 0 Å². The Morgan fingerprint density at radius 2 is 0.479 bits per heavy atom. The van der Waals surface area contributed by atoms with Gasteiger partial charge in [0.15, 0.2) is 23.3 Å². The van der Waals surface area contributed by atoms with Crippen molar-refractivity contribution >= 4 is 87.2 Å². The van der Waals surface area contributed by atoms with Crippen molar-refractivity contribution in [3.8, 4) is 90.8 Å². The van der Waals surface area contributed by atoms with Crippen molar-refractivity contribution in [2.24, 2.45) is 0 Å². The second-order valence-electron chi connectivity index (χ2n) is 23.4. The molecule has 0 spiro atoms. The minimum atomic E-state index is 0.393. The van der Waals surface area contributed by atoms with Gasteiger partial charge in [-0.25, -0.2) is 24.9 Å². The monoisotopic (exact) mass is 1200 g/mol. The number of rotatable bonds is 10. The zero-order valence-corrected chi connectivity index (χ0v) is 50.1. The molecule has 10 aromatic heterocycles. The van der Waals surface area contributed by atoms with Crippen LogP contribution in [0.25, 0.3) is 178 Å². The average Bonchev–Trinajstić information content (AvgIpc) is 1.39. The van der Waals surface area contributed by atoms with E-state index < -0.39 is 0 Å². The molecule has 0 unspecified atom stereocenters. The summed E-state index contributed by atoms with van der Waals surface area (Å²) in [6.07, 6.45) is 15.5. The largest absolute Gasteiger partial charge is 0.306 e. The summed E-state index contributed by atoms with van der Waals surface area (Å²) >= 11 is 0. The van der Waals surface area contributed by atoms with E-state index in [0.717, 1.165) is 132 Å². The molecule has 0 fully saturated rings. The summed E-state index contributed by atoms with van der Waals surface area (Å²) in [5, 5.41) is 7.91. The average molecular weight is 1200 g/mol. The standard InChI is InChI=1S/C81H49N13/c1-5-21-50(22-6-1)62-45-63(87-78(86-62)51-23-7-2-8-24-51)72-73(81-89-79(52-25-9-3-10-26-52)88-80(90-81)53-27-11-4-12-28-53)75(92-65-34-18-14-30-55(65)59-47-83-42-38-69(59)92)77(94-67-36-20-16-32-57(67)61-49-85-44-40-71(61)94)76(93-66-35-19-15-31-56(66)60-48-84-43-39-70(60)93)74(72)91-64-33-17-13-29-54(64)58-46-82-41-37-68(58)91/h1-49H. The highest BCUT2D eigenvalue weighted by Gasteiger charge is 2.38. The first-order valence-corrected chi connectivity index (χ1v) is 31.2. The van der Waals surface area contributed by atoms with E-state index in [2.05, 4.69) is 206 Å². The van der Waals surface area contributed by atoms with E-state index in [1.165, 1.54) is 0 Å². The Kier molecular flexibility index (Phi) is 11.9. The van der Waals surface area contributed by atoms with Gasteiger partial charge in [0.05, 0.1) is 83.8 Å². The van der Waals surface area contributed by atoms with Crippen molar-refractivity contribution in [3.63, 3.8) is 0 Å². The summed E-state index contributed by atoms with van der Waals surface area (Å²) in [7, 11) is 0. The van der Waals surface area contributed by atoms with Crippen LogP contribution in [0.2, 0.25) is 0 Å². The maximum atomic E-state index is 6.00. The van der Waals surface area contributed by atoms with Gasteiger partial charge in [-0.2, -0.15) is 0 Å². The molecule has 94 heavy (non-hydrogen) atoms. The highest BCUT2D eigenvalue weighted by Crippen LogP contribution is 2.54. The first kappa shape index (κ1) is 52.8. The van der Waals surface area contributed by atoms with Crippen LogP contribution >= 0.6 is 0 Å². The zero-order chi connectivity index (χ0) is 61.8. The van der Waals surface area contributed by atoms with Gasteiger partial charge in [-0.15, -0.1) is 0 Å². The van der Waals surface area contributed by atoms with E-state index in [1.807, 2.05) is 110 Å². The van der Waals surface area contributed by atoms with Crippen LogP contribution in [0.1, 0.15) is 0 Å². The van der Waals surface area contributed by atoms with Crippen LogP contribution in [0.5, 0.6) is 0 Å². The molecule has 0 aliphatic heterocycles. The predicted octanol–water partition coefficient (Wildman–Crippen LogP) is 18.6. The Morgan fingerprint density at radius 1 is 0.202 bits per heavy atom. The number of hydrogen-bond donors (Lipinski definition) is 0. The third-order valence-corrected chi connectivity index (χ3v) is 18.2. The zero-order valence-electron chi connectivity index (χ0n) is 50.1. The molecular formula is C81H49N13. The SMILES string of the molecule is c1ccc(-c2cc(-c3c(-c4nc(-c5ccccc5)nc(-c5ccccc5)n4)c(-n4c5ccccc5c5cnccc54)c(-n4c5ccccc5c5cnccc54)c(-n4c5ccccc5c5cnccc54)c3-n3c4ccccc4c4cnccc43)nc(-c3ccccc3)n2)cc1. The molecule has 0 N–H and O–H groups in total. The van der Waals surface area contributed by atoms with E-state index in [0.29, 0.717) is 45.8 Å². The summed E-state index contributed by atoms with van der Waals surface area (Å²) in [4.78, 5) is 48.3. The second-order valence-corrected chi connectivity index (χ2v) is 23.4. The van der Waals surface area contributed by atoms with Crippen molar-refractivity contribution in [2.45, 2.75) is 0 Å². The fraction of sp³-hybridized carbons (Fsp3) is 0. The van der Waals surface area contributed by atoms with Crippen molar-refractivity contribution in [1.29, 1.82) is 0 Å². The lowest BCUT2D eigenvalue weighted by molar-refractivity contribution is 1.01. The molecule has 19 aromatic rings. The molecular weight excluding hydrogens is 1150 g/mol. The van der Waals surface area contributed by atoms with Gasteiger partial charge in [0.1, 0.15) is 0 Å². The topological polar surface area (TPSA) is 136 Å². The number of benzene rings is 9. The quantitative estimate of drug-likeness (QED) is 0.131. The fourth-order valence-corrected chi connectivity index (χ4v) is 14.2. The number of pyridine rings is 4. The van der Waals surface area contributed by atoms with Gasteiger partial charge >= 0.3 is 0 Å². The van der Waals surface area contributed by atoms with E-state index in [9.17, 15) is 0 Å². The van der Waals surface area contributed by atoms with Gasteiger partial charge in [-0.1, -0.05) is 194 Å². The Hall–Kier alpha value is -13.1. The summed E-state index contributed by atoms with van der Waals surface area (Å²) in [5.41, 5.74) is 16.6. The summed E-state index contributed by atoms with van der Waals surface area (Å²) in [5.74, 6) is 1.89. The van der Waals surface area contributed by atoms with Crippen LogP contribution in [0, 0.1) is 0 Å². The summed E-state index contributed by atoms with van der Waals surface area (Å²) in [6, 6.07) is 86.3. The number of para-hydroxylation sites is 4. The summed E-state index contributed by atoms with van der Waals surface area (Å²) < 4.78 is 9.77. The minimum Gasteiger partial charge on any atom is -0.306 e. The summed E-state index contributed by atoms with van der Waals surface area (Å²) in [6.45, 7) is 0. The van der Waals surface area contributed by atoms with Gasteiger partial charge in [0, 0.05) is 120 Å². The molecule has 0 amide bonds. The third-order valence-electron chi connectivity index (χ3n) is 18.2. The van der Waals surface area contributed by atoms with Crippen molar-refractivity contribution in [1.82, 2.24) is 63.1 Å². The van der Waals surface area contributed by atoms with Crippen LogP contribution in [0.15, 0.2) is 298 Å². The van der Waals surface area contributed by atoms with Crippen LogP contribution in [-0.2, 0) is 0 Å². The van der Waals surface area contributed by atoms with E-state index in [4.69, 9.17) is 44.9 Å². The van der Waals surface area contributed by atoms with E-state index in [-0.39, 0.29) is 0 Å². The van der Waals surface area contributed by atoms with Gasteiger partial charge in [-0.3, -0.25) is 19.9 Å². The van der Waals surface area contributed by atoms with Crippen molar-refractivity contribution in [3.05, 3.63) is 298 Å². The normalized spacial score (nSPS) is 11.8. The van der Waals surface area contributed by atoms with Crippen molar-refractivity contribution in [2.75, 3.05) is 0 Å². The van der Waals surface area contributed by atoms with Gasteiger partial charge < -0.3 is 18.3 Å². The molecule has 10 heterocycles. The van der Waals surface area contributed by atoms with Crippen LogP contribution in [0.3, 0.4) is 0 Å². The predicted molar refractivity (Wildman–Crippen MR) is 377 cm³/mol. The third kappa shape index (κ3) is 8.11. The molecule has 438 valence electrons. The molecule has 9 aromatic carbocycles. The minimum absolute atomic E-state index is 0.393. The molecule has 0 aliphatic carbocycles. The molecule has 0 saturated carbocycles. The molecule has 0 aliphatic rings. The second kappa shape index (κ2) is 21.3. The lowest BCUT2D eigenvalue weighted by atomic mass is 9.93. The number of fused-ring (bicyclic) bond motifs is 12. The van der Waals surface area contributed by atoms with Gasteiger partial charge in [-0.05, 0) is 54.6 Å². The maximum absolute atomic E-state index is 6.00. The Morgan fingerprint density at radius 3 is 0.851 bits per heavy atom. The van der Waals surface area contributed by atoms with Crippen LogP contribution in [-0.4, -0.2) is 63.1 Å². The molecule has 0 atom stereocenters. The van der Waals surface area contributed by atoms with Gasteiger partial charge in [0.2, 0.25) is 0 Å². The molecule has 0 bridgehead atoms. The first-order valence-electron chi connectivity index (χ1n) is 31.2. The Bertz CT molecular complexity index is 5520. The van der Waals surface area contributed by atoms with Gasteiger partial charge in [0.25, 0.3) is 0 Å². The lowest BCUT2D eigenvalue weighted by Crippen LogP contribution is -2.17. The number of nitrogens with zero attached hydrogens (tertiary/aromatic N) is 13. The van der Waals surface area contributed by atoms with Crippen LogP contribution in [0.4, 0.5) is 0 Å². The van der Waals surface area contributed by atoms with Crippen molar-refractivity contribution < 1.29 is 0 Å². The highest BCUT2D eigenvalue weighted by molar-refractivity contribution is 6.18. The Balaban J connectivity index is 1.19. The molecule has 0 saturated heterocycles. The number of hydrogen-bond acceptors (Lipinski definition) is 9. The van der Waals surface area contributed by atoms with E-state index in [1.54, 1.807) is 0 Å².